The third-order valence-corrected chi connectivity index (χ3v) is 4.33. The fourth-order valence-electron chi connectivity index (χ4n) is 2.82. The highest BCUT2D eigenvalue weighted by Gasteiger charge is 2.40. The van der Waals surface area contributed by atoms with Gasteiger partial charge in [0, 0.05) is 19.4 Å². The Morgan fingerprint density at radius 3 is 2.95 bits per heavy atom. The van der Waals surface area contributed by atoms with Crippen molar-refractivity contribution in [2.45, 2.75) is 44.1 Å². The second-order valence-electron chi connectivity index (χ2n) is 6.01. The van der Waals surface area contributed by atoms with Crippen molar-refractivity contribution in [2.24, 2.45) is 5.92 Å². The van der Waals surface area contributed by atoms with E-state index in [4.69, 9.17) is 4.74 Å². The lowest BCUT2D eigenvalue weighted by Gasteiger charge is -2.27. The monoisotopic (exact) mass is 264 g/mol. The fraction of sp³-hybridized carbons (Fsp3) is 0.714. The molecule has 1 aromatic rings. The van der Waals surface area contributed by atoms with Gasteiger partial charge in [0.15, 0.2) is 5.54 Å². The maximum absolute atomic E-state index is 11.7. The third kappa shape index (κ3) is 2.39. The van der Waals surface area contributed by atoms with Crippen molar-refractivity contribution in [1.29, 1.82) is 0 Å². The van der Waals surface area contributed by atoms with Crippen molar-refractivity contribution in [1.82, 2.24) is 9.78 Å². The van der Waals surface area contributed by atoms with Gasteiger partial charge in [-0.05, 0) is 50.0 Å². The molecule has 2 atom stereocenters. The Morgan fingerprint density at radius 2 is 2.37 bits per heavy atom. The first-order chi connectivity index (χ1) is 9.09. The Morgan fingerprint density at radius 1 is 1.58 bits per heavy atom. The maximum atomic E-state index is 11.7. The minimum Gasteiger partial charge on any atom is -0.479 e. The molecular weight excluding hydrogens is 244 g/mol. The molecule has 2 heterocycles. The largest absolute Gasteiger partial charge is 0.479 e. The summed E-state index contributed by atoms with van der Waals surface area (Å²) < 4.78 is 6.99. The highest BCUT2D eigenvalue weighted by Crippen LogP contribution is 2.40. The Balaban J connectivity index is 1.82. The second-order valence-corrected chi connectivity index (χ2v) is 6.01. The number of carboxylic acids is 1. The number of rotatable bonds is 5. The first-order valence-electron chi connectivity index (χ1n) is 6.96. The van der Waals surface area contributed by atoms with E-state index in [-0.39, 0.29) is 0 Å². The van der Waals surface area contributed by atoms with Crippen LogP contribution in [0.1, 0.15) is 44.1 Å². The van der Waals surface area contributed by atoms with E-state index in [0.717, 1.165) is 13.0 Å². The van der Waals surface area contributed by atoms with Gasteiger partial charge < -0.3 is 9.84 Å². The molecule has 0 amide bonds. The van der Waals surface area contributed by atoms with E-state index in [1.54, 1.807) is 11.6 Å². The number of hydrogen-bond donors (Lipinski definition) is 1. The molecule has 2 fully saturated rings. The summed E-state index contributed by atoms with van der Waals surface area (Å²) in [4.78, 5) is 11.7. The molecule has 1 aliphatic heterocycles. The van der Waals surface area contributed by atoms with Gasteiger partial charge in [0.2, 0.25) is 0 Å². The smallest absolute Gasteiger partial charge is 0.331 e. The lowest BCUT2D eigenvalue weighted by molar-refractivity contribution is -0.148. The van der Waals surface area contributed by atoms with Crippen LogP contribution in [0.3, 0.4) is 0 Å². The highest BCUT2D eigenvalue weighted by molar-refractivity contribution is 5.76. The topological polar surface area (TPSA) is 64.3 Å². The average molecular weight is 264 g/mol. The van der Waals surface area contributed by atoms with Crippen LogP contribution >= 0.6 is 0 Å². The van der Waals surface area contributed by atoms with Gasteiger partial charge in [-0.3, -0.25) is 4.68 Å². The van der Waals surface area contributed by atoms with E-state index >= 15 is 0 Å². The van der Waals surface area contributed by atoms with Crippen LogP contribution < -0.4 is 0 Å². The summed E-state index contributed by atoms with van der Waals surface area (Å²) in [5.41, 5.74) is 0.209. The van der Waals surface area contributed by atoms with Crippen molar-refractivity contribution >= 4 is 5.97 Å². The molecule has 19 heavy (non-hydrogen) atoms. The normalized spacial score (nSPS) is 26.3. The number of aliphatic carboxylic acids is 1. The Bertz CT molecular complexity index is 475. The Labute approximate surface area is 112 Å². The van der Waals surface area contributed by atoms with Gasteiger partial charge in [0.25, 0.3) is 0 Å². The van der Waals surface area contributed by atoms with Gasteiger partial charge >= 0.3 is 5.97 Å². The fourth-order valence-corrected chi connectivity index (χ4v) is 2.82. The summed E-state index contributed by atoms with van der Waals surface area (Å²) in [6, 6.07) is 0. The van der Waals surface area contributed by atoms with Crippen molar-refractivity contribution in [3.05, 3.63) is 18.0 Å². The molecule has 0 bridgehead atoms. The zero-order chi connectivity index (χ0) is 13.5. The van der Waals surface area contributed by atoms with Crippen molar-refractivity contribution in [3.8, 4) is 0 Å². The lowest BCUT2D eigenvalue weighted by Crippen LogP contribution is -2.41. The zero-order valence-electron chi connectivity index (χ0n) is 11.2. The van der Waals surface area contributed by atoms with Crippen molar-refractivity contribution in [2.75, 3.05) is 13.2 Å². The standard InChI is InChI=1S/C14H20N2O3/c1-14(13(17)18,6-10-4-5-19-9-10)16-8-12(7-15-16)11-2-3-11/h7-8,10-11H,2-6,9H2,1H3,(H,17,18). The van der Waals surface area contributed by atoms with Crippen LogP contribution in [0.4, 0.5) is 0 Å². The highest BCUT2D eigenvalue weighted by atomic mass is 16.5. The number of carboxylic acid groups (broad SMARTS) is 1. The van der Waals surface area contributed by atoms with E-state index in [0.29, 0.717) is 24.9 Å². The Kier molecular flexibility index (Phi) is 3.09. The van der Waals surface area contributed by atoms with Crippen LogP contribution in [-0.2, 0) is 15.1 Å². The average Bonchev–Trinajstić information content (AvgIpc) is 2.91. The van der Waals surface area contributed by atoms with E-state index < -0.39 is 11.5 Å². The second kappa shape index (κ2) is 4.63. The van der Waals surface area contributed by atoms with Crippen LogP contribution in [0.15, 0.2) is 12.4 Å². The summed E-state index contributed by atoms with van der Waals surface area (Å²) in [5.74, 6) is 0.0983. The summed E-state index contributed by atoms with van der Waals surface area (Å²) in [6.45, 7) is 3.17. The molecule has 1 saturated heterocycles. The predicted octanol–water partition coefficient (Wildman–Crippen LogP) is 1.99. The summed E-state index contributed by atoms with van der Waals surface area (Å²) in [6.07, 6.45) is 7.66. The first-order valence-corrected chi connectivity index (χ1v) is 6.96. The van der Waals surface area contributed by atoms with Crippen molar-refractivity contribution in [3.63, 3.8) is 0 Å². The lowest BCUT2D eigenvalue weighted by atomic mass is 9.88. The van der Waals surface area contributed by atoms with Gasteiger partial charge in [0.1, 0.15) is 0 Å². The molecule has 2 aliphatic rings. The molecule has 5 nitrogen and oxygen atoms in total. The maximum Gasteiger partial charge on any atom is 0.331 e. The van der Waals surface area contributed by atoms with E-state index in [9.17, 15) is 9.90 Å². The molecular formula is C14H20N2O3. The number of hydrogen-bond acceptors (Lipinski definition) is 3. The summed E-state index contributed by atoms with van der Waals surface area (Å²) in [5, 5.41) is 13.9. The van der Waals surface area contributed by atoms with E-state index in [1.165, 1.54) is 18.4 Å². The molecule has 5 heteroatoms. The van der Waals surface area contributed by atoms with Crippen molar-refractivity contribution < 1.29 is 14.6 Å². The van der Waals surface area contributed by atoms with Gasteiger partial charge in [-0.1, -0.05) is 0 Å². The van der Waals surface area contributed by atoms with Crippen LogP contribution in [0.2, 0.25) is 0 Å². The van der Waals surface area contributed by atoms with E-state index in [1.807, 2.05) is 12.4 Å². The number of carbonyl (C=O) groups is 1. The van der Waals surface area contributed by atoms with Gasteiger partial charge in [0.05, 0.1) is 6.20 Å². The SMILES string of the molecule is CC(CC1CCOC1)(C(=O)O)n1cc(C2CC2)cn1. The minimum atomic E-state index is -0.967. The molecule has 104 valence electrons. The van der Waals surface area contributed by atoms with Gasteiger partial charge in [-0.15, -0.1) is 0 Å². The molecule has 1 aromatic heterocycles. The molecule has 0 radical (unpaired) electrons. The molecule has 3 rings (SSSR count). The first kappa shape index (κ1) is 12.7. The Hall–Kier alpha value is -1.36. The predicted molar refractivity (Wildman–Crippen MR) is 69.0 cm³/mol. The van der Waals surface area contributed by atoms with Crippen LogP contribution in [0.25, 0.3) is 0 Å². The summed E-state index contributed by atoms with van der Waals surface area (Å²) >= 11 is 0. The van der Waals surface area contributed by atoms with Crippen LogP contribution in [0, 0.1) is 5.92 Å². The van der Waals surface area contributed by atoms with Crippen LogP contribution in [0.5, 0.6) is 0 Å². The molecule has 1 aliphatic carbocycles. The molecule has 0 aromatic carbocycles. The molecule has 0 spiro atoms. The number of ether oxygens (including phenoxy) is 1. The van der Waals surface area contributed by atoms with Gasteiger partial charge in [-0.25, -0.2) is 4.79 Å². The number of aromatic nitrogens is 2. The molecule has 2 unspecified atom stereocenters. The van der Waals surface area contributed by atoms with Crippen LogP contribution in [-0.4, -0.2) is 34.1 Å². The number of nitrogens with zero attached hydrogens (tertiary/aromatic N) is 2. The third-order valence-electron chi connectivity index (χ3n) is 4.33. The molecule has 1 N–H and O–H groups in total. The van der Waals surface area contributed by atoms with E-state index in [2.05, 4.69) is 5.10 Å². The van der Waals surface area contributed by atoms with Gasteiger partial charge in [-0.2, -0.15) is 5.10 Å². The quantitative estimate of drug-likeness (QED) is 0.883. The molecule has 1 saturated carbocycles. The summed E-state index contributed by atoms with van der Waals surface area (Å²) in [7, 11) is 0. The zero-order valence-corrected chi connectivity index (χ0v) is 11.2. The minimum absolute atomic E-state index is 0.315.